The molecule has 0 aromatic heterocycles. The topological polar surface area (TPSA) is 52.6 Å². The highest BCUT2D eigenvalue weighted by molar-refractivity contribution is 6.08. The standard InChI is InChI=1S/C25H22F3N3O2/c1-16-10-11-22(21(14-16)29-24(32)23-19(27)8-4-9-20(23)28)31-13-5-12-30(25(31)33)15-17-6-2-3-7-18(17)26/h2-4,6-11,14H,5,12-13,15H2,1H3,(H,29,32). The number of amides is 3. The molecule has 0 spiro atoms. The van der Waals surface area contributed by atoms with Crippen LogP contribution in [0.25, 0.3) is 0 Å². The second kappa shape index (κ2) is 9.36. The van der Waals surface area contributed by atoms with Gasteiger partial charge < -0.3 is 10.2 Å². The zero-order valence-corrected chi connectivity index (χ0v) is 17.9. The number of carbonyl (C=O) groups excluding carboxylic acids is 2. The zero-order chi connectivity index (χ0) is 23.5. The van der Waals surface area contributed by atoms with Gasteiger partial charge >= 0.3 is 6.03 Å². The Balaban J connectivity index is 1.62. The molecule has 170 valence electrons. The Morgan fingerprint density at radius 3 is 2.36 bits per heavy atom. The summed E-state index contributed by atoms with van der Waals surface area (Å²) in [6.07, 6.45) is 0.628. The maximum atomic E-state index is 14.1. The van der Waals surface area contributed by atoms with Crippen molar-refractivity contribution in [2.75, 3.05) is 23.3 Å². The van der Waals surface area contributed by atoms with Gasteiger partial charge in [0.2, 0.25) is 0 Å². The molecule has 5 nitrogen and oxygen atoms in total. The summed E-state index contributed by atoms with van der Waals surface area (Å²) in [6.45, 7) is 2.74. The Kier molecular flexibility index (Phi) is 6.35. The average Bonchev–Trinajstić information content (AvgIpc) is 2.77. The summed E-state index contributed by atoms with van der Waals surface area (Å²) in [4.78, 5) is 28.9. The number of hydrogen-bond donors (Lipinski definition) is 1. The van der Waals surface area contributed by atoms with Gasteiger partial charge in [0.25, 0.3) is 5.91 Å². The predicted octanol–water partition coefficient (Wildman–Crippen LogP) is 5.50. The molecule has 1 aliphatic heterocycles. The number of benzene rings is 3. The Morgan fingerprint density at radius 1 is 0.939 bits per heavy atom. The third-order valence-corrected chi connectivity index (χ3v) is 5.51. The molecule has 3 aromatic rings. The molecule has 3 aromatic carbocycles. The third-order valence-electron chi connectivity index (χ3n) is 5.51. The summed E-state index contributed by atoms with van der Waals surface area (Å²) < 4.78 is 42.3. The van der Waals surface area contributed by atoms with Crippen LogP contribution in [-0.4, -0.2) is 29.9 Å². The maximum Gasteiger partial charge on any atom is 0.324 e. The van der Waals surface area contributed by atoms with Crippen molar-refractivity contribution in [1.29, 1.82) is 0 Å². The van der Waals surface area contributed by atoms with Gasteiger partial charge in [-0.25, -0.2) is 18.0 Å². The van der Waals surface area contributed by atoms with Crippen LogP contribution in [0.4, 0.5) is 29.3 Å². The minimum Gasteiger partial charge on any atom is -0.320 e. The molecular weight excluding hydrogens is 431 g/mol. The molecule has 0 saturated carbocycles. The van der Waals surface area contributed by atoms with Crippen molar-refractivity contribution < 1.29 is 22.8 Å². The van der Waals surface area contributed by atoms with Gasteiger partial charge in [0.05, 0.1) is 17.9 Å². The van der Waals surface area contributed by atoms with Gasteiger partial charge in [-0.1, -0.05) is 30.3 Å². The molecule has 8 heteroatoms. The largest absolute Gasteiger partial charge is 0.324 e. The number of aryl methyl sites for hydroxylation is 1. The lowest BCUT2D eigenvalue weighted by atomic mass is 10.1. The number of halogens is 3. The molecule has 4 rings (SSSR count). The van der Waals surface area contributed by atoms with E-state index in [1.54, 1.807) is 43.3 Å². The van der Waals surface area contributed by atoms with Gasteiger partial charge in [0.15, 0.2) is 0 Å². The van der Waals surface area contributed by atoms with Crippen molar-refractivity contribution >= 4 is 23.3 Å². The average molecular weight is 453 g/mol. The molecule has 0 atom stereocenters. The van der Waals surface area contributed by atoms with Crippen molar-refractivity contribution in [3.8, 4) is 0 Å². The molecule has 0 aliphatic carbocycles. The van der Waals surface area contributed by atoms with E-state index in [4.69, 9.17) is 0 Å². The van der Waals surface area contributed by atoms with Crippen LogP contribution in [0.1, 0.15) is 27.9 Å². The molecule has 1 fully saturated rings. The van der Waals surface area contributed by atoms with Crippen molar-refractivity contribution in [3.05, 3.63) is 94.8 Å². The van der Waals surface area contributed by atoms with Crippen LogP contribution in [0, 0.1) is 24.4 Å². The quantitative estimate of drug-likeness (QED) is 0.555. The molecule has 1 saturated heterocycles. The van der Waals surface area contributed by atoms with Crippen LogP contribution in [0.3, 0.4) is 0 Å². The van der Waals surface area contributed by atoms with Crippen LogP contribution in [0.15, 0.2) is 60.7 Å². The van der Waals surface area contributed by atoms with Gasteiger partial charge in [-0.3, -0.25) is 9.69 Å². The molecule has 0 radical (unpaired) electrons. The van der Waals surface area contributed by atoms with E-state index in [-0.39, 0.29) is 18.3 Å². The van der Waals surface area contributed by atoms with Crippen LogP contribution in [0.2, 0.25) is 0 Å². The fourth-order valence-electron chi connectivity index (χ4n) is 3.87. The highest BCUT2D eigenvalue weighted by Gasteiger charge is 2.29. The fraction of sp³-hybridized carbons (Fsp3) is 0.200. The van der Waals surface area contributed by atoms with Gasteiger partial charge in [-0.2, -0.15) is 0 Å². The molecule has 1 heterocycles. The summed E-state index contributed by atoms with van der Waals surface area (Å²) in [5, 5.41) is 2.55. The zero-order valence-electron chi connectivity index (χ0n) is 17.9. The van der Waals surface area contributed by atoms with Crippen molar-refractivity contribution in [2.45, 2.75) is 19.9 Å². The fourth-order valence-corrected chi connectivity index (χ4v) is 3.87. The maximum absolute atomic E-state index is 14.1. The number of rotatable bonds is 5. The number of nitrogens with zero attached hydrogens (tertiary/aromatic N) is 2. The Labute approximate surface area is 189 Å². The van der Waals surface area contributed by atoms with Crippen LogP contribution in [0.5, 0.6) is 0 Å². The number of nitrogens with one attached hydrogen (secondary N) is 1. The second-order valence-electron chi connectivity index (χ2n) is 7.87. The first kappa shape index (κ1) is 22.4. The molecule has 0 bridgehead atoms. The van der Waals surface area contributed by atoms with E-state index in [2.05, 4.69) is 5.32 Å². The van der Waals surface area contributed by atoms with E-state index in [0.717, 1.165) is 17.7 Å². The summed E-state index contributed by atoms with van der Waals surface area (Å²) >= 11 is 0. The van der Waals surface area contributed by atoms with Crippen molar-refractivity contribution in [1.82, 2.24) is 4.90 Å². The van der Waals surface area contributed by atoms with E-state index in [1.807, 2.05) is 0 Å². The van der Waals surface area contributed by atoms with Crippen molar-refractivity contribution in [3.63, 3.8) is 0 Å². The highest BCUT2D eigenvalue weighted by Crippen LogP contribution is 2.31. The van der Waals surface area contributed by atoms with Crippen LogP contribution >= 0.6 is 0 Å². The van der Waals surface area contributed by atoms with E-state index in [9.17, 15) is 22.8 Å². The number of carbonyl (C=O) groups is 2. The molecular formula is C25H22F3N3O2. The van der Waals surface area contributed by atoms with Crippen molar-refractivity contribution in [2.24, 2.45) is 0 Å². The number of urea groups is 1. The van der Waals surface area contributed by atoms with Gasteiger partial charge in [-0.15, -0.1) is 0 Å². The smallest absolute Gasteiger partial charge is 0.320 e. The van der Waals surface area contributed by atoms with Gasteiger partial charge in [0, 0.05) is 18.7 Å². The van der Waals surface area contributed by atoms with E-state index < -0.39 is 28.9 Å². The predicted molar refractivity (Wildman–Crippen MR) is 120 cm³/mol. The molecule has 0 unspecified atom stereocenters. The summed E-state index contributed by atoms with van der Waals surface area (Å²) in [6, 6.07) is 14.2. The first-order chi connectivity index (χ1) is 15.8. The summed E-state index contributed by atoms with van der Waals surface area (Å²) in [7, 11) is 0. The molecule has 1 aliphatic rings. The first-order valence-electron chi connectivity index (χ1n) is 10.5. The molecule has 33 heavy (non-hydrogen) atoms. The number of hydrogen-bond acceptors (Lipinski definition) is 2. The minimum absolute atomic E-state index is 0.107. The monoisotopic (exact) mass is 453 g/mol. The van der Waals surface area contributed by atoms with Crippen LogP contribution < -0.4 is 10.2 Å². The Morgan fingerprint density at radius 2 is 1.64 bits per heavy atom. The summed E-state index contributed by atoms with van der Waals surface area (Å²) in [5.41, 5.74) is 1.14. The lowest BCUT2D eigenvalue weighted by Crippen LogP contribution is -2.49. The Hall–Kier alpha value is -3.81. The molecule has 1 N–H and O–H groups in total. The van der Waals surface area contributed by atoms with E-state index in [0.29, 0.717) is 30.8 Å². The lowest BCUT2D eigenvalue weighted by Gasteiger charge is -2.36. The van der Waals surface area contributed by atoms with Crippen LogP contribution in [-0.2, 0) is 6.54 Å². The van der Waals surface area contributed by atoms with E-state index >= 15 is 0 Å². The third kappa shape index (κ3) is 4.69. The Bertz CT molecular complexity index is 1200. The normalized spacial score (nSPS) is 13.9. The van der Waals surface area contributed by atoms with Gasteiger partial charge in [-0.05, 0) is 49.2 Å². The molecule has 3 amide bonds. The SMILES string of the molecule is Cc1ccc(N2CCCN(Cc3ccccc3F)C2=O)c(NC(=O)c2c(F)cccc2F)c1. The highest BCUT2D eigenvalue weighted by atomic mass is 19.1. The van der Waals surface area contributed by atoms with Gasteiger partial charge in [0.1, 0.15) is 23.0 Å². The van der Waals surface area contributed by atoms with E-state index in [1.165, 1.54) is 21.9 Å². The second-order valence-corrected chi connectivity index (χ2v) is 7.87. The lowest BCUT2D eigenvalue weighted by molar-refractivity contribution is 0.101. The minimum atomic E-state index is -0.980. The summed E-state index contributed by atoms with van der Waals surface area (Å²) in [5.74, 6) is -3.30. The first-order valence-corrected chi connectivity index (χ1v) is 10.5. The number of anilines is 2.